The van der Waals surface area contributed by atoms with Crippen LogP contribution in [0.1, 0.15) is 30.5 Å². The van der Waals surface area contributed by atoms with E-state index < -0.39 is 6.09 Å². The molecule has 84 valence electrons. The highest BCUT2D eigenvalue weighted by molar-refractivity contribution is 5.65. The fraction of sp³-hybridized carbons (Fsp3) is 0.444. The lowest BCUT2D eigenvalue weighted by Crippen LogP contribution is -2.30. The molecule has 1 atom stereocenters. The summed E-state index contributed by atoms with van der Waals surface area (Å²) in [5.74, 6) is 0.689. The molecule has 7 nitrogen and oxygen atoms in total. The Balaban J connectivity index is 2.22. The molecule has 2 heterocycles. The van der Waals surface area contributed by atoms with Gasteiger partial charge in [0.2, 0.25) is 0 Å². The van der Waals surface area contributed by atoms with Crippen molar-refractivity contribution in [2.45, 2.75) is 18.9 Å². The molecule has 0 radical (unpaired) electrons. The molecule has 0 bridgehead atoms. The van der Waals surface area contributed by atoms with Crippen molar-refractivity contribution in [1.82, 2.24) is 25.3 Å². The maximum absolute atomic E-state index is 10.9. The predicted octanol–water partition coefficient (Wildman–Crippen LogP) is 0.725. The van der Waals surface area contributed by atoms with Crippen LogP contribution in [-0.2, 0) is 0 Å². The van der Waals surface area contributed by atoms with Crippen molar-refractivity contribution in [3.8, 4) is 0 Å². The van der Waals surface area contributed by atoms with Gasteiger partial charge in [-0.15, -0.1) is 20.4 Å². The van der Waals surface area contributed by atoms with E-state index in [1.165, 1.54) is 11.0 Å². The minimum Gasteiger partial charge on any atom is -0.465 e. The molecule has 0 aromatic carbocycles. The lowest BCUT2D eigenvalue weighted by Gasteiger charge is -2.18. The lowest BCUT2D eigenvalue weighted by molar-refractivity contribution is 0.138. The first-order chi connectivity index (χ1) is 7.72. The van der Waals surface area contributed by atoms with E-state index in [2.05, 4.69) is 27.0 Å². The maximum Gasteiger partial charge on any atom is 0.407 e. The fourth-order valence-corrected chi connectivity index (χ4v) is 1.72. The minimum absolute atomic E-state index is 0.323. The molecule has 0 aliphatic carbocycles. The molecule has 2 rings (SSSR count). The number of carboxylic acid groups (broad SMARTS) is 1. The van der Waals surface area contributed by atoms with Gasteiger partial charge in [0, 0.05) is 6.54 Å². The smallest absolute Gasteiger partial charge is 0.407 e. The largest absolute Gasteiger partial charge is 0.465 e. The van der Waals surface area contributed by atoms with E-state index in [0.717, 1.165) is 6.42 Å². The van der Waals surface area contributed by atoms with Gasteiger partial charge in [-0.25, -0.2) is 4.79 Å². The van der Waals surface area contributed by atoms with Crippen molar-refractivity contribution in [3.63, 3.8) is 0 Å². The molecular weight excluding hydrogens is 210 g/mol. The molecule has 7 heteroatoms. The van der Waals surface area contributed by atoms with Gasteiger partial charge in [-0.1, -0.05) is 6.58 Å². The van der Waals surface area contributed by atoms with Gasteiger partial charge < -0.3 is 5.11 Å². The van der Waals surface area contributed by atoms with Gasteiger partial charge in [0.05, 0.1) is 6.04 Å². The van der Waals surface area contributed by atoms with Crippen LogP contribution in [0.25, 0.3) is 6.08 Å². The van der Waals surface area contributed by atoms with Crippen molar-refractivity contribution >= 4 is 12.2 Å². The Hall–Kier alpha value is -2.05. The Morgan fingerprint density at radius 3 is 2.69 bits per heavy atom. The first kappa shape index (κ1) is 10.5. The molecular formula is C9H11N5O2. The van der Waals surface area contributed by atoms with Crippen molar-refractivity contribution in [3.05, 3.63) is 18.2 Å². The van der Waals surface area contributed by atoms with Crippen LogP contribution in [0, 0.1) is 0 Å². The summed E-state index contributed by atoms with van der Waals surface area (Å²) >= 11 is 0. The lowest BCUT2D eigenvalue weighted by atomic mass is 10.2. The van der Waals surface area contributed by atoms with E-state index in [0.29, 0.717) is 24.6 Å². The van der Waals surface area contributed by atoms with E-state index in [9.17, 15) is 4.79 Å². The number of hydrogen-bond donors (Lipinski definition) is 1. The standard InChI is InChI=1S/C9H11N5O2/c1-2-7-10-12-8(13-11-7)6-4-3-5-14(6)9(15)16/h2,6H,1,3-5H2,(H,15,16). The zero-order valence-corrected chi connectivity index (χ0v) is 8.57. The number of nitrogens with zero attached hydrogens (tertiary/aromatic N) is 5. The third kappa shape index (κ3) is 1.83. The SMILES string of the molecule is C=Cc1nnc(C2CCCN2C(=O)O)nn1. The Bertz CT molecular complexity index is 405. The van der Waals surface area contributed by atoms with Gasteiger partial charge in [-0.05, 0) is 18.9 Å². The highest BCUT2D eigenvalue weighted by atomic mass is 16.4. The highest BCUT2D eigenvalue weighted by Gasteiger charge is 2.32. The van der Waals surface area contributed by atoms with Gasteiger partial charge >= 0.3 is 6.09 Å². The van der Waals surface area contributed by atoms with Gasteiger partial charge in [0.1, 0.15) is 0 Å². The molecule has 0 spiro atoms. The fourth-order valence-electron chi connectivity index (χ4n) is 1.72. The second-order valence-electron chi connectivity index (χ2n) is 3.45. The zero-order valence-electron chi connectivity index (χ0n) is 8.57. The van der Waals surface area contributed by atoms with Crippen LogP contribution in [0.5, 0.6) is 0 Å². The van der Waals surface area contributed by atoms with Gasteiger partial charge in [-0.2, -0.15) is 0 Å². The summed E-state index contributed by atoms with van der Waals surface area (Å²) in [6.07, 6.45) is 2.00. The average Bonchev–Trinajstić information content (AvgIpc) is 2.78. The van der Waals surface area contributed by atoms with Crippen molar-refractivity contribution in [2.24, 2.45) is 0 Å². The maximum atomic E-state index is 10.9. The zero-order chi connectivity index (χ0) is 11.5. The second kappa shape index (κ2) is 4.21. The number of hydrogen-bond acceptors (Lipinski definition) is 5. The summed E-state index contributed by atoms with van der Waals surface area (Å²) in [7, 11) is 0. The minimum atomic E-state index is -0.959. The summed E-state index contributed by atoms with van der Waals surface area (Å²) in [5, 5.41) is 24.2. The number of rotatable bonds is 2. The summed E-state index contributed by atoms with van der Waals surface area (Å²) in [4.78, 5) is 12.2. The van der Waals surface area contributed by atoms with Crippen LogP contribution in [0.4, 0.5) is 4.79 Å². The molecule has 1 aromatic heterocycles. The van der Waals surface area contributed by atoms with Crippen LogP contribution in [-0.4, -0.2) is 43.0 Å². The van der Waals surface area contributed by atoms with E-state index in [1.807, 2.05) is 0 Å². The topological polar surface area (TPSA) is 92.1 Å². The molecule has 1 fully saturated rings. The number of likely N-dealkylation sites (tertiary alicyclic amines) is 1. The van der Waals surface area contributed by atoms with Crippen LogP contribution in [0.15, 0.2) is 6.58 Å². The van der Waals surface area contributed by atoms with E-state index >= 15 is 0 Å². The Morgan fingerprint density at radius 2 is 2.12 bits per heavy atom. The molecule has 0 saturated carbocycles. The van der Waals surface area contributed by atoms with E-state index in [4.69, 9.17) is 5.11 Å². The Morgan fingerprint density at radius 1 is 1.44 bits per heavy atom. The Labute approximate surface area is 91.8 Å². The van der Waals surface area contributed by atoms with Crippen molar-refractivity contribution in [2.75, 3.05) is 6.54 Å². The molecule has 1 amide bonds. The Kier molecular flexibility index (Phi) is 2.76. The summed E-state index contributed by atoms with van der Waals surface area (Å²) in [6, 6.07) is -0.323. The van der Waals surface area contributed by atoms with Crippen molar-refractivity contribution < 1.29 is 9.90 Å². The number of aromatic nitrogens is 4. The van der Waals surface area contributed by atoms with Gasteiger partial charge in [0.25, 0.3) is 0 Å². The normalized spacial score (nSPS) is 19.8. The first-order valence-electron chi connectivity index (χ1n) is 4.91. The van der Waals surface area contributed by atoms with Gasteiger partial charge in [0.15, 0.2) is 11.6 Å². The van der Waals surface area contributed by atoms with Crippen molar-refractivity contribution in [1.29, 1.82) is 0 Å². The quantitative estimate of drug-likeness (QED) is 0.791. The molecule has 1 saturated heterocycles. The molecule has 1 N–H and O–H groups in total. The number of amides is 1. The molecule has 1 unspecified atom stereocenters. The highest BCUT2D eigenvalue weighted by Crippen LogP contribution is 2.28. The van der Waals surface area contributed by atoms with Crippen LogP contribution in [0.3, 0.4) is 0 Å². The van der Waals surface area contributed by atoms with Crippen LogP contribution < -0.4 is 0 Å². The summed E-state index contributed by atoms with van der Waals surface area (Å²) in [6.45, 7) is 4.00. The average molecular weight is 221 g/mol. The second-order valence-corrected chi connectivity index (χ2v) is 3.45. The van der Waals surface area contributed by atoms with Gasteiger partial charge in [-0.3, -0.25) is 4.90 Å². The summed E-state index contributed by atoms with van der Waals surface area (Å²) < 4.78 is 0. The van der Waals surface area contributed by atoms with E-state index in [-0.39, 0.29) is 6.04 Å². The molecule has 1 aliphatic heterocycles. The molecule has 1 aromatic rings. The number of carbonyl (C=O) groups is 1. The monoisotopic (exact) mass is 221 g/mol. The summed E-state index contributed by atoms with van der Waals surface area (Å²) in [5.41, 5.74) is 0. The predicted molar refractivity (Wildman–Crippen MR) is 54.4 cm³/mol. The first-order valence-corrected chi connectivity index (χ1v) is 4.91. The molecule has 1 aliphatic rings. The van der Waals surface area contributed by atoms with E-state index in [1.54, 1.807) is 0 Å². The van der Waals surface area contributed by atoms with Crippen LogP contribution >= 0.6 is 0 Å². The van der Waals surface area contributed by atoms with Crippen LogP contribution in [0.2, 0.25) is 0 Å². The molecule has 16 heavy (non-hydrogen) atoms. The third-order valence-corrected chi connectivity index (χ3v) is 2.49. The third-order valence-electron chi connectivity index (χ3n) is 2.49.